The van der Waals surface area contributed by atoms with E-state index in [1.54, 1.807) is 24.5 Å². The first-order valence-electron chi connectivity index (χ1n) is 8.00. The van der Waals surface area contributed by atoms with E-state index >= 15 is 0 Å². The van der Waals surface area contributed by atoms with E-state index in [1.165, 1.54) is 18.4 Å². The summed E-state index contributed by atoms with van der Waals surface area (Å²) in [6.45, 7) is 3.38. The number of aryl methyl sites for hydroxylation is 1. The maximum atomic E-state index is 12.2. The third-order valence-electron chi connectivity index (χ3n) is 3.75. The van der Waals surface area contributed by atoms with Gasteiger partial charge in [0.1, 0.15) is 0 Å². The standard InChI is InChI=1S/C16H24N4O3S/c1-4-9-17-16(21)6-5-10-20-12-18-14-11-13(7-8-15(14)20)24(22,23)19(2)3/h7-8,11-12H,4-6,9-10H2,1-3H3,(H,17,21). The minimum Gasteiger partial charge on any atom is -0.356 e. The Morgan fingerprint density at radius 2 is 2.08 bits per heavy atom. The molecule has 0 saturated heterocycles. The van der Waals surface area contributed by atoms with E-state index in [9.17, 15) is 13.2 Å². The number of sulfonamides is 1. The fourth-order valence-electron chi connectivity index (χ4n) is 2.36. The molecule has 7 nitrogen and oxygen atoms in total. The van der Waals surface area contributed by atoms with Crippen LogP contribution in [0.1, 0.15) is 26.2 Å². The minimum atomic E-state index is -3.47. The molecule has 0 aliphatic carbocycles. The van der Waals surface area contributed by atoms with Crippen molar-refractivity contribution in [2.75, 3.05) is 20.6 Å². The third-order valence-corrected chi connectivity index (χ3v) is 5.56. The van der Waals surface area contributed by atoms with Crippen LogP contribution in [0.5, 0.6) is 0 Å². The van der Waals surface area contributed by atoms with Crippen molar-refractivity contribution in [2.45, 2.75) is 37.6 Å². The van der Waals surface area contributed by atoms with E-state index in [2.05, 4.69) is 10.3 Å². The Hall–Kier alpha value is -1.93. The molecule has 0 saturated carbocycles. The molecule has 24 heavy (non-hydrogen) atoms. The molecular formula is C16H24N4O3S. The highest BCUT2D eigenvalue weighted by molar-refractivity contribution is 7.89. The van der Waals surface area contributed by atoms with Crippen LogP contribution >= 0.6 is 0 Å². The molecule has 2 rings (SSSR count). The molecule has 0 radical (unpaired) electrons. The largest absolute Gasteiger partial charge is 0.356 e. The molecule has 1 aromatic heterocycles. The zero-order chi connectivity index (χ0) is 17.7. The van der Waals surface area contributed by atoms with Crippen LogP contribution in [-0.2, 0) is 21.4 Å². The Bertz CT molecular complexity index is 812. The average Bonchev–Trinajstić information content (AvgIpc) is 2.95. The molecular weight excluding hydrogens is 328 g/mol. The molecule has 1 heterocycles. The maximum absolute atomic E-state index is 12.2. The number of imidazole rings is 1. The van der Waals surface area contributed by atoms with Gasteiger partial charge in [-0.25, -0.2) is 17.7 Å². The minimum absolute atomic E-state index is 0.0561. The van der Waals surface area contributed by atoms with E-state index < -0.39 is 10.0 Å². The Morgan fingerprint density at radius 1 is 1.33 bits per heavy atom. The van der Waals surface area contributed by atoms with Crippen LogP contribution in [-0.4, -0.2) is 48.8 Å². The number of hydrogen-bond donors (Lipinski definition) is 1. The zero-order valence-corrected chi connectivity index (χ0v) is 15.1. The normalized spacial score (nSPS) is 12.0. The molecule has 1 aromatic carbocycles. The molecule has 0 aliphatic rings. The monoisotopic (exact) mass is 352 g/mol. The first-order valence-corrected chi connectivity index (χ1v) is 9.44. The topological polar surface area (TPSA) is 84.3 Å². The van der Waals surface area contributed by atoms with Gasteiger partial charge in [0.2, 0.25) is 15.9 Å². The van der Waals surface area contributed by atoms with Gasteiger partial charge in [-0.05, 0) is 31.0 Å². The Kier molecular flexibility index (Phi) is 5.95. The van der Waals surface area contributed by atoms with Gasteiger partial charge in [-0.1, -0.05) is 6.92 Å². The fraction of sp³-hybridized carbons (Fsp3) is 0.500. The van der Waals surface area contributed by atoms with Crippen molar-refractivity contribution in [1.29, 1.82) is 0 Å². The summed E-state index contributed by atoms with van der Waals surface area (Å²) in [5.74, 6) is 0.0561. The number of fused-ring (bicyclic) bond motifs is 1. The second-order valence-corrected chi connectivity index (χ2v) is 7.98. The number of carbonyl (C=O) groups is 1. The average molecular weight is 352 g/mol. The highest BCUT2D eigenvalue weighted by Crippen LogP contribution is 2.20. The number of nitrogens with zero attached hydrogens (tertiary/aromatic N) is 3. The van der Waals surface area contributed by atoms with Crippen molar-refractivity contribution in [3.63, 3.8) is 0 Å². The number of hydrogen-bond acceptors (Lipinski definition) is 4. The highest BCUT2D eigenvalue weighted by Gasteiger charge is 2.18. The van der Waals surface area contributed by atoms with Crippen LogP contribution in [0, 0.1) is 0 Å². The first kappa shape index (κ1) is 18.4. The number of nitrogens with one attached hydrogen (secondary N) is 1. The first-order chi connectivity index (χ1) is 11.4. The molecule has 132 valence electrons. The van der Waals surface area contributed by atoms with Gasteiger partial charge in [-0.2, -0.15) is 0 Å². The molecule has 0 spiro atoms. The number of aromatic nitrogens is 2. The summed E-state index contributed by atoms with van der Waals surface area (Å²) in [6.07, 6.45) is 3.78. The van der Waals surface area contributed by atoms with Gasteiger partial charge < -0.3 is 9.88 Å². The van der Waals surface area contributed by atoms with E-state index in [4.69, 9.17) is 0 Å². The summed E-state index contributed by atoms with van der Waals surface area (Å²) in [7, 11) is -0.462. The fourth-order valence-corrected chi connectivity index (χ4v) is 3.28. The quantitative estimate of drug-likeness (QED) is 0.782. The molecule has 8 heteroatoms. The number of rotatable bonds is 8. The lowest BCUT2D eigenvalue weighted by molar-refractivity contribution is -0.121. The number of amides is 1. The van der Waals surface area contributed by atoms with Gasteiger partial charge in [-0.15, -0.1) is 0 Å². The third kappa shape index (κ3) is 4.12. The molecule has 0 unspecified atom stereocenters. The Morgan fingerprint density at radius 3 is 2.75 bits per heavy atom. The molecule has 0 aliphatic heterocycles. The van der Waals surface area contributed by atoms with Crippen molar-refractivity contribution in [3.8, 4) is 0 Å². The van der Waals surface area contributed by atoms with Gasteiger partial charge in [0.05, 0.1) is 22.3 Å². The van der Waals surface area contributed by atoms with Gasteiger partial charge in [-0.3, -0.25) is 4.79 Å². The SMILES string of the molecule is CCCNC(=O)CCCn1cnc2cc(S(=O)(=O)N(C)C)ccc21. The van der Waals surface area contributed by atoms with Crippen molar-refractivity contribution in [3.05, 3.63) is 24.5 Å². The molecule has 0 fully saturated rings. The van der Waals surface area contributed by atoms with Crippen molar-refractivity contribution in [2.24, 2.45) is 0 Å². The summed E-state index contributed by atoms with van der Waals surface area (Å²) in [6, 6.07) is 4.93. The molecule has 2 aromatic rings. The van der Waals surface area contributed by atoms with Gasteiger partial charge in [0.25, 0.3) is 0 Å². The van der Waals surface area contributed by atoms with Crippen LogP contribution in [0.2, 0.25) is 0 Å². The Labute approximate surface area is 142 Å². The van der Waals surface area contributed by atoms with E-state index in [0.29, 0.717) is 31.4 Å². The molecule has 0 atom stereocenters. The second kappa shape index (κ2) is 7.76. The zero-order valence-electron chi connectivity index (χ0n) is 14.3. The second-order valence-electron chi connectivity index (χ2n) is 5.83. The van der Waals surface area contributed by atoms with Gasteiger partial charge >= 0.3 is 0 Å². The summed E-state index contributed by atoms with van der Waals surface area (Å²) >= 11 is 0. The van der Waals surface area contributed by atoms with Crippen LogP contribution in [0.25, 0.3) is 11.0 Å². The number of carbonyl (C=O) groups excluding carboxylic acids is 1. The summed E-state index contributed by atoms with van der Waals surface area (Å²) in [5.41, 5.74) is 1.50. The molecule has 1 N–H and O–H groups in total. The van der Waals surface area contributed by atoms with E-state index in [1.807, 2.05) is 11.5 Å². The maximum Gasteiger partial charge on any atom is 0.242 e. The number of benzene rings is 1. The van der Waals surface area contributed by atoms with Crippen LogP contribution in [0.3, 0.4) is 0 Å². The van der Waals surface area contributed by atoms with Crippen LogP contribution in [0.15, 0.2) is 29.4 Å². The molecule has 1 amide bonds. The predicted octanol–water partition coefficient (Wildman–Crippen LogP) is 1.59. The summed E-state index contributed by atoms with van der Waals surface area (Å²) < 4.78 is 27.4. The van der Waals surface area contributed by atoms with Gasteiger partial charge in [0.15, 0.2) is 0 Å². The van der Waals surface area contributed by atoms with Gasteiger partial charge in [0, 0.05) is 33.6 Å². The van der Waals surface area contributed by atoms with Crippen molar-refractivity contribution in [1.82, 2.24) is 19.2 Å². The molecule has 0 bridgehead atoms. The van der Waals surface area contributed by atoms with Crippen LogP contribution in [0.4, 0.5) is 0 Å². The van der Waals surface area contributed by atoms with Crippen molar-refractivity contribution >= 4 is 27.0 Å². The summed E-state index contributed by atoms with van der Waals surface area (Å²) in [5, 5.41) is 2.85. The lowest BCUT2D eigenvalue weighted by Crippen LogP contribution is -2.23. The van der Waals surface area contributed by atoms with E-state index in [-0.39, 0.29) is 10.8 Å². The Balaban J connectivity index is 2.08. The predicted molar refractivity (Wildman–Crippen MR) is 93.1 cm³/mol. The lowest BCUT2D eigenvalue weighted by Gasteiger charge is -2.11. The van der Waals surface area contributed by atoms with E-state index in [0.717, 1.165) is 11.9 Å². The van der Waals surface area contributed by atoms with Crippen LogP contribution < -0.4 is 5.32 Å². The lowest BCUT2D eigenvalue weighted by atomic mass is 10.2. The van der Waals surface area contributed by atoms with Crippen molar-refractivity contribution < 1.29 is 13.2 Å². The summed E-state index contributed by atoms with van der Waals surface area (Å²) in [4.78, 5) is 16.1. The highest BCUT2D eigenvalue weighted by atomic mass is 32.2. The smallest absolute Gasteiger partial charge is 0.242 e.